The normalized spacial score (nSPS) is 10.5. The molecule has 0 unspecified atom stereocenters. The molecule has 0 bridgehead atoms. The van der Waals surface area contributed by atoms with E-state index in [9.17, 15) is 4.79 Å². The summed E-state index contributed by atoms with van der Waals surface area (Å²) in [7, 11) is 1.51. The minimum absolute atomic E-state index is 0.0908. The highest BCUT2D eigenvalue weighted by Gasteiger charge is 2.16. The van der Waals surface area contributed by atoms with Crippen LogP contribution in [0.3, 0.4) is 0 Å². The maximum absolute atomic E-state index is 12.6. The maximum atomic E-state index is 12.6. The molecule has 1 heterocycles. The van der Waals surface area contributed by atoms with Gasteiger partial charge in [-0.2, -0.15) is 0 Å². The summed E-state index contributed by atoms with van der Waals surface area (Å²) in [5.41, 5.74) is 2.47. The number of aliphatic hydroxyl groups excluding tert-OH is 1. The number of methoxy groups -OCH3 is 1. The summed E-state index contributed by atoms with van der Waals surface area (Å²) in [6.45, 7) is 1.67. The molecule has 150 valence electrons. The number of halogens is 1. The average Bonchev–Trinajstić information content (AvgIpc) is 3.18. The number of hydrogen-bond acceptors (Lipinski definition) is 5. The Balaban J connectivity index is 1.76. The lowest BCUT2D eigenvalue weighted by atomic mass is 10.1. The van der Waals surface area contributed by atoms with Gasteiger partial charge in [0.05, 0.1) is 23.4 Å². The molecule has 0 aliphatic carbocycles. The van der Waals surface area contributed by atoms with Crippen LogP contribution in [0.4, 0.5) is 5.69 Å². The Morgan fingerprint density at radius 1 is 1.24 bits per heavy atom. The van der Waals surface area contributed by atoms with Gasteiger partial charge >= 0.3 is 0 Å². The second kappa shape index (κ2) is 9.09. The second-order valence-electron chi connectivity index (χ2n) is 6.18. The number of carbonyl (C=O) groups excluding carboxylic acids is 1. The van der Waals surface area contributed by atoms with Crippen LogP contribution in [-0.4, -0.2) is 23.2 Å². The number of benzene rings is 2. The van der Waals surface area contributed by atoms with Crippen LogP contribution in [0.5, 0.6) is 5.75 Å². The maximum Gasteiger partial charge on any atom is 0.261 e. The number of anilines is 1. The summed E-state index contributed by atoms with van der Waals surface area (Å²) in [4.78, 5) is 12.6. The average molecular weight is 431 g/mol. The number of amides is 1. The van der Waals surface area contributed by atoms with E-state index >= 15 is 0 Å². The number of thiocarbonyl (C=S) groups is 1. The van der Waals surface area contributed by atoms with Gasteiger partial charge in [0, 0.05) is 5.56 Å². The number of furan rings is 1. The van der Waals surface area contributed by atoms with Gasteiger partial charge in [-0.25, -0.2) is 0 Å². The van der Waals surface area contributed by atoms with E-state index < -0.39 is 5.91 Å². The van der Waals surface area contributed by atoms with Gasteiger partial charge < -0.3 is 19.6 Å². The summed E-state index contributed by atoms with van der Waals surface area (Å²) >= 11 is 11.5. The predicted octanol–water partition coefficient (Wildman–Crippen LogP) is 4.54. The van der Waals surface area contributed by atoms with E-state index in [4.69, 9.17) is 38.1 Å². The van der Waals surface area contributed by atoms with E-state index in [1.165, 1.54) is 7.11 Å². The van der Waals surface area contributed by atoms with Crippen molar-refractivity contribution in [3.05, 3.63) is 70.4 Å². The monoisotopic (exact) mass is 430 g/mol. The fraction of sp³-hybridized carbons (Fsp3) is 0.143. The van der Waals surface area contributed by atoms with Crippen molar-refractivity contribution < 1.29 is 19.1 Å². The van der Waals surface area contributed by atoms with Crippen LogP contribution in [0.15, 0.2) is 52.9 Å². The number of carbonyl (C=O) groups is 1. The Kier molecular flexibility index (Phi) is 6.53. The molecule has 1 aromatic heterocycles. The SMILES string of the molecule is COc1c(C)cccc1C(=O)NC(=S)Nc1cc(-c2ccc(CO)o2)ccc1Cl. The number of hydrogen-bond donors (Lipinski definition) is 3. The quantitative estimate of drug-likeness (QED) is 0.515. The molecule has 0 aliphatic heterocycles. The standard InChI is InChI=1S/C21H19ClN2O4S/c1-12-4-3-5-15(19(12)27-2)20(26)24-21(29)23-17-10-13(6-8-16(17)22)18-9-7-14(11-25)28-18/h3-10,25H,11H2,1-2H3,(H2,23,24,26,29). The molecule has 0 saturated carbocycles. The number of nitrogens with one attached hydrogen (secondary N) is 2. The largest absolute Gasteiger partial charge is 0.496 e. The first-order valence-electron chi connectivity index (χ1n) is 8.68. The van der Waals surface area contributed by atoms with Crippen LogP contribution < -0.4 is 15.4 Å². The zero-order valence-corrected chi connectivity index (χ0v) is 17.4. The Morgan fingerprint density at radius 2 is 2.03 bits per heavy atom. The lowest BCUT2D eigenvalue weighted by Crippen LogP contribution is -2.34. The van der Waals surface area contributed by atoms with Crippen LogP contribution in [-0.2, 0) is 6.61 Å². The number of ether oxygens (including phenoxy) is 1. The third kappa shape index (κ3) is 4.76. The third-order valence-corrected chi connectivity index (χ3v) is 4.74. The van der Waals surface area contributed by atoms with Gasteiger partial charge in [0.25, 0.3) is 5.91 Å². The molecule has 29 heavy (non-hydrogen) atoms. The zero-order valence-electron chi connectivity index (χ0n) is 15.8. The van der Waals surface area contributed by atoms with E-state index in [-0.39, 0.29) is 11.7 Å². The molecule has 3 aromatic rings. The first kappa shape index (κ1) is 20.9. The van der Waals surface area contributed by atoms with Crippen molar-refractivity contribution in [3.63, 3.8) is 0 Å². The first-order chi connectivity index (χ1) is 13.9. The Morgan fingerprint density at radius 3 is 2.72 bits per heavy atom. The molecule has 3 N–H and O–H groups in total. The molecule has 0 radical (unpaired) electrons. The molecule has 8 heteroatoms. The molecule has 0 saturated heterocycles. The van der Waals surface area contributed by atoms with Crippen molar-refractivity contribution in [1.29, 1.82) is 0 Å². The van der Waals surface area contributed by atoms with Gasteiger partial charge in [0.2, 0.25) is 0 Å². The number of para-hydroxylation sites is 1. The van der Waals surface area contributed by atoms with Crippen LogP contribution in [0, 0.1) is 6.92 Å². The third-order valence-electron chi connectivity index (χ3n) is 4.20. The van der Waals surface area contributed by atoms with E-state index in [1.54, 1.807) is 42.5 Å². The highest BCUT2D eigenvalue weighted by atomic mass is 35.5. The number of aryl methyl sites for hydroxylation is 1. The molecule has 6 nitrogen and oxygen atoms in total. The lowest BCUT2D eigenvalue weighted by Gasteiger charge is -2.14. The minimum atomic E-state index is -0.394. The Labute approximate surface area is 178 Å². The highest BCUT2D eigenvalue weighted by molar-refractivity contribution is 7.80. The van der Waals surface area contributed by atoms with Crippen molar-refractivity contribution in [2.45, 2.75) is 13.5 Å². The molecular weight excluding hydrogens is 412 g/mol. The van der Waals surface area contributed by atoms with Crippen molar-refractivity contribution in [2.75, 3.05) is 12.4 Å². The van der Waals surface area contributed by atoms with Gasteiger partial charge in [0.1, 0.15) is 23.9 Å². The zero-order chi connectivity index (χ0) is 21.0. The van der Waals surface area contributed by atoms with Gasteiger partial charge in [-0.3, -0.25) is 10.1 Å². The summed E-state index contributed by atoms with van der Waals surface area (Å²) in [5.74, 6) is 1.13. The predicted molar refractivity (Wildman–Crippen MR) is 116 cm³/mol. The molecule has 1 amide bonds. The van der Waals surface area contributed by atoms with Crippen LogP contribution in [0.25, 0.3) is 11.3 Å². The Hall–Kier alpha value is -2.87. The summed E-state index contributed by atoms with van der Waals surface area (Å²) in [6, 6.07) is 13.9. The van der Waals surface area contributed by atoms with Crippen LogP contribution >= 0.6 is 23.8 Å². The molecular formula is C21H19ClN2O4S. The van der Waals surface area contributed by atoms with E-state index in [2.05, 4.69) is 10.6 Å². The van der Waals surface area contributed by atoms with Crippen molar-refractivity contribution in [1.82, 2.24) is 5.32 Å². The highest BCUT2D eigenvalue weighted by Crippen LogP contribution is 2.30. The number of aliphatic hydroxyl groups is 1. The first-order valence-corrected chi connectivity index (χ1v) is 9.47. The van der Waals surface area contributed by atoms with E-state index in [1.807, 2.05) is 13.0 Å². The second-order valence-corrected chi connectivity index (χ2v) is 7.00. The lowest BCUT2D eigenvalue weighted by molar-refractivity contribution is 0.0974. The van der Waals surface area contributed by atoms with E-state index in [0.717, 1.165) is 11.1 Å². The van der Waals surface area contributed by atoms with Gasteiger partial charge in [-0.1, -0.05) is 23.7 Å². The topological polar surface area (TPSA) is 83.7 Å². The van der Waals surface area contributed by atoms with Crippen molar-refractivity contribution in [2.24, 2.45) is 0 Å². The summed E-state index contributed by atoms with van der Waals surface area (Å²) in [6.07, 6.45) is 0. The number of rotatable bonds is 5. The molecule has 0 atom stereocenters. The summed E-state index contributed by atoms with van der Waals surface area (Å²) < 4.78 is 10.9. The van der Waals surface area contributed by atoms with Crippen LogP contribution in [0.1, 0.15) is 21.7 Å². The van der Waals surface area contributed by atoms with Crippen LogP contribution in [0.2, 0.25) is 5.02 Å². The Bertz CT molecular complexity index is 1060. The van der Waals surface area contributed by atoms with E-state index in [0.29, 0.717) is 33.5 Å². The van der Waals surface area contributed by atoms with Gasteiger partial charge in [-0.15, -0.1) is 0 Å². The molecule has 2 aromatic carbocycles. The summed E-state index contributed by atoms with van der Waals surface area (Å²) in [5, 5.41) is 15.2. The van der Waals surface area contributed by atoms with Gasteiger partial charge in [-0.05, 0) is 61.1 Å². The fourth-order valence-electron chi connectivity index (χ4n) is 2.82. The molecule has 0 fully saturated rings. The minimum Gasteiger partial charge on any atom is -0.496 e. The van der Waals surface area contributed by atoms with Gasteiger partial charge in [0.15, 0.2) is 5.11 Å². The van der Waals surface area contributed by atoms with Crippen molar-refractivity contribution >= 4 is 40.5 Å². The molecule has 0 spiro atoms. The molecule has 3 rings (SSSR count). The smallest absolute Gasteiger partial charge is 0.261 e. The van der Waals surface area contributed by atoms with Crippen molar-refractivity contribution in [3.8, 4) is 17.1 Å². The fourth-order valence-corrected chi connectivity index (χ4v) is 3.19. The molecule has 0 aliphatic rings.